The summed E-state index contributed by atoms with van der Waals surface area (Å²) < 4.78 is 0. The number of nitrogens with zero attached hydrogens (tertiary/aromatic N) is 1. The zero-order chi connectivity index (χ0) is 10.1. The van der Waals surface area contributed by atoms with Crippen LogP contribution in [0.15, 0.2) is 66.9 Å². The van der Waals surface area contributed by atoms with Crippen molar-refractivity contribution < 1.29 is 0 Å². The van der Waals surface area contributed by atoms with Crippen LogP contribution in [0, 0.1) is 0 Å². The highest BCUT2D eigenvalue weighted by Gasteiger charge is 1.95. The van der Waals surface area contributed by atoms with E-state index in [1.54, 1.807) is 24.4 Å². The first-order valence-electron chi connectivity index (χ1n) is 4.07. The summed E-state index contributed by atoms with van der Waals surface area (Å²) in [5, 5.41) is 0. The van der Waals surface area contributed by atoms with Crippen molar-refractivity contribution in [3.05, 3.63) is 61.9 Å². The second kappa shape index (κ2) is 7.04. The number of allylic oxidation sites excluding steroid dienone is 6. The molecule has 0 aliphatic rings. The van der Waals surface area contributed by atoms with E-state index in [2.05, 4.69) is 24.7 Å². The average molecular weight is 173 g/mol. The van der Waals surface area contributed by atoms with Crippen molar-refractivity contribution >= 4 is 5.71 Å². The molecule has 0 fully saturated rings. The van der Waals surface area contributed by atoms with Crippen LogP contribution in [0.3, 0.4) is 0 Å². The molecule has 0 saturated heterocycles. The maximum atomic E-state index is 4.18. The Balaban J connectivity index is 4.93. The fourth-order valence-electron chi connectivity index (χ4n) is 0.785. The monoisotopic (exact) mass is 173 g/mol. The molecule has 1 heteroatoms. The van der Waals surface area contributed by atoms with Gasteiger partial charge in [0.2, 0.25) is 0 Å². The molecule has 13 heavy (non-hydrogen) atoms. The third-order valence-electron chi connectivity index (χ3n) is 1.37. The molecule has 0 heterocycles. The van der Waals surface area contributed by atoms with Gasteiger partial charge in [0.1, 0.15) is 0 Å². The van der Waals surface area contributed by atoms with Crippen LogP contribution in [0.4, 0.5) is 0 Å². The van der Waals surface area contributed by atoms with Gasteiger partial charge in [0.25, 0.3) is 0 Å². The number of rotatable bonds is 5. The van der Waals surface area contributed by atoms with Crippen LogP contribution >= 0.6 is 0 Å². The van der Waals surface area contributed by atoms with Gasteiger partial charge in [-0.1, -0.05) is 44.0 Å². The summed E-state index contributed by atoms with van der Waals surface area (Å²) in [6, 6.07) is 0. The first kappa shape index (κ1) is 11.4. The second-order valence-corrected chi connectivity index (χ2v) is 2.26. The normalized spacial score (nSPS) is 13.0. The molecule has 0 aromatic rings. The Hall–Kier alpha value is -1.63. The summed E-state index contributed by atoms with van der Waals surface area (Å²) >= 11 is 0. The van der Waals surface area contributed by atoms with E-state index in [0.29, 0.717) is 0 Å². The predicted octanol–water partition coefficient (Wildman–Crippen LogP) is 3.45. The van der Waals surface area contributed by atoms with Crippen LogP contribution in [0.25, 0.3) is 0 Å². The lowest BCUT2D eigenvalue weighted by molar-refractivity contribution is 1.51. The van der Waals surface area contributed by atoms with Gasteiger partial charge >= 0.3 is 0 Å². The van der Waals surface area contributed by atoms with Crippen molar-refractivity contribution in [3.63, 3.8) is 0 Å². The summed E-state index contributed by atoms with van der Waals surface area (Å²) in [6.45, 7) is 12.9. The highest BCUT2D eigenvalue weighted by Crippen LogP contribution is 2.02. The first-order valence-corrected chi connectivity index (χ1v) is 4.07. The lowest BCUT2D eigenvalue weighted by atomic mass is 10.1. The summed E-state index contributed by atoms with van der Waals surface area (Å²) in [6.07, 6.45) is 10.5. The zero-order valence-corrected chi connectivity index (χ0v) is 8.03. The molecule has 0 amide bonds. The van der Waals surface area contributed by atoms with Crippen LogP contribution in [0.1, 0.15) is 6.92 Å². The molecule has 0 aromatic heterocycles. The third kappa shape index (κ3) is 4.06. The Kier molecular flexibility index (Phi) is 6.16. The largest absolute Gasteiger partial charge is 0.257 e. The standard InChI is InChI=1S/C12H15N/c1-5-9-11(7-3)12(8-4)13-10-6-2/h5-10H,1,3-4H2,2H3/b10-6-,11-9+,13-12-. The van der Waals surface area contributed by atoms with Crippen LogP contribution in [-0.4, -0.2) is 5.71 Å². The minimum absolute atomic E-state index is 0.799. The van der Waals surface area contributed by atoms with Crippen LogP contribution in [-0.2, 0) is 0 Å². The predicted molar refractivity (Wildman–Crippen MR) is 60.9 cm³/mol. The minimum atomic E-state index is 0.799. The van der Waals surface area contributed by atoms with Crippen molar-refractivity contribution in [2.75, 3.05) is 0 Å². The van der Waals surface area contributed by atoms with Gasteiger partial charge < -0.3 is 0 Å². The summed E-state index contributed by atoms with van der Waals surface area (Å²) in [5.41, 5.74) is 1.72. The van der Waals surface area contributed by atoms with E-state index in [4.69, 9.17) is 0 Å². The van der Waals surface area contributed by atoms with Crippen molar-refractivity contribution in [3.8, 4) is 0 Å². The highest BCUT2D eigenvalue weighted by atomic mass is 14.7. The maximum Gasteiger partial charge on any atom is 0.0695 e. The fraction of sp³-hybridized carbons (Fsp3) is 0.0833. The van der Waals surface area contributed by atoms with Gasteiger partial charge in [-0.3, -0.25) is 4.99 Å². The molecule has 0 unspecified atom stereocenters. The number of aliphatic imine (C=N–C) groups is 1. The third-order valence-corrected chi connectivity index (χ3v) is 1.37. The Bertz CT molecular complexity index is 277. The van der Waals surface area contributed by atoms with Crippen molar-refractivity contribution in [1.29, 1.82) is 0 Å². The van der Waals surface area contributed by atoms with Gasteiger partial charge in [-0.25, -0.2) is 0 Å². The molecular weight excluding hydrogens is 158 g/mol. The molecule has 0 aromatic carbocycles. The number of hydrogen-bond acceptors (Lipinski definition) is 1. The van der Waals surface area contributed by atoms with Gasteiger partial charge in [0.15, 0.2) is 0 Å². The quantitative estimate of drug-likeness (QED) is 0.446. The van der Waals surface area contributed by atoms with E-state index in [0.717, 1.165) is 11.3 Å². The molecule has 0 aliphatic heterocycles. The minimum Gasteiger partial charge on any atom is -0.257 e. The van der Waals surface area contributed by atoms with Crippen molar-refractivity contribution in [2.45, 2.75) is 6.92 Å². The molecule has 0 atom stereocenters. The van der Waals surface area contributed by atoms with E-state index < -0.39 is 0 Å². The topological polar surface area (TPSA) is 12.4 Å². The lowest BCUT2D eigenvalue weighted by Crippen LogP contribution is -1.94. The van der Waals surface area contributed by atoms with Crippen LogP contribution in [0.2, 0.25) is 0 Å². The maximum absolute atomic E-state index is 4.18. The van der Waals surface area contributed by atoms with Crippen LogP contribution < -0.4 is 0 Å². The molecule has 1 nitrogen and oxygen atoms in total. The second-order valence-electron chi connectivity index (χ2n) is 2.26. The molecule has 68 valence electrons. The Labute approximate surface area is 80.2 Å². The van der Waals surface area contributed by atoms with Gasteiger partial charge in [0.05, 0.1) is 5.71 Å². The molecule has 0 rings (SSSR count). The van der Waals surface area contributed by atoms with E-state index in [-0.39, 0.29) is 0 Å². The molecule has 0 bridgehead atoms. The van der Waals surface area contributed by atoms with Gasteiger partial charge in [0, 0.05) is 6.20 Å². The molecular formula is C12H15N. The summed E-state index contributed by atoms with van der Waals surface area (Å²) in [4.78, 5) is 4.18. The van der Waals surface area contributed by atoms with E-state index in [1.807, 2.05) is 19.1 Å². The molecule has 0 aliphatic carbocycles. The van der Waals surface area contributed by atoms with Crippen LogP contribution in [0.5, 0.6) is 0 Å². The van der Waals surface area contributed by atoms with Crippen molar-refractivity contribution in [2.24, 2.45) is 4.99 Å². The van der Waals surface area contributed by atoms with E-state index >= 15 is 0 Å². The van der Waals surface area contributed by atoms with E-state index in [9.17, 15) is 0 Å². The van der Waals surface area contributed by atoms with Gasteiger partial charge in [-0.2, -0.15) is 0 Å². The first-order chi connectivity index (χ1) is 6.29. The lowest BCUT2D eigenvalue weighted by Gasteiger charge is -1.98. The Morgan fingerprint density at radius 3 is 2.23 bits per heavy atom. The number of hydrogen-bond donors (Lipinski definition) is 0. The van der Waals surface area contributed by atoms with Crippen molar-refractivity contribution in [1.82, 2.24) is 0 Å². The summed E-state index contributed by atoms with van der Waals surface area (Å²) in [7, 11) is 0. The average Bonchev–Trinajstić information content (AvgIpc) is 2.17. The molecule has 0 N–H and O–H groups in total. The highest BCUT2D eigenvalue weighted by molar-refractivity contribution is 6.10. The molecule has 0 radical (unpaired) electrons. The molecule has 0 spiro atoms. The Morgan fingerprint density at radius 1 is 1.15 bits per heavy atom. The van der Waals surface area contributed by atoms with Gasteiger partial charge in [-0.05, 0) is 18.6 Å². The Morgan fingerprint density at radius 2 is 1.85 bits per heavy atom. The summed E-state index contributed by atoms with van der Waals surface area (Å²) in [5.74, 6) is 0. The zero-order valence-electron chi connectivity index (χ0n) is 8.03. The smallest absolute Gasteiger partial charge is 0.0695 e. The molecule has 0 saturated carbocycles. The van der Waals surface area contributed by atoms with E-state index in [1.165, 1.54) is 0 Å². The SMILES string of the molecule is C=C/C=C(C=C)/C(C=C)=N\C=C/C. The van der Waals surface area contributed by atoms with Gasteiger partial charge in [-0.15, -0.1) is 0 Å². The fourth-order valence-corrected chi connectivity index (χ4v) is 0.785.